The maximum atomic E-state index is 12.0. The van der Waals surface area contributed by atoms with E-state index in [1.165, 1.54) is 11.8 Å². The minimum Gasteiger partial charge on any atom is -0.495 e. The van der Waals surface area contributed by atoms with Crippen LogP contribution in [-0.2, 0) is 10.5 Å². The SMILES string of the molecule is CCOc1ccccc1CSCC(=O)Nc1ccc(OC)c(Cl)c1. The van der Waals surface area contributed by atoms with Crippen molar-refractivity contribution in [2.45, 2.75) is 12.7 Å². The van der Waals surface area contributed by atoms with Crippen LogP contribution in [0.2, 0.25) is 5.02 Å². The summed E-state index contributed by atoms with van der Waals surface area (Å²) in [5, 5.41) is 3.30. The number of thioether (sulfide) groups is 1. The average Bonchev–Trinajstić information content (AvgIpc) is 2.57. The molecule has 2 rings (SSSR count). The zero-order chi connectivity index (χ0) is 17.4. The molecule has 2 aromatic rings. The second-order valence-corrected chi connectivity index (χ2v) is 6.32. The van der Waals surface area contributed by atoms with Crippen LogP contribution >= 0.6 is 23.4 Å². The lowest BCUT2D eigenvalue weighted by molar-refractivity contribution is -0.113. The van der Waals surface area contributed by atoms with Gasteiger partial charge in [0, 0.05) is 17.0 Å². The van der Waals surface area contributed by atoms with Crippen molar-refractivity contribution in [3.63, 3.8) is 0 Å². The van der Waals surface area contributed by atoms with Gasteiger partial charge in [-0.25, -0.2) is 0 Å². The van der Waals surface area contributed by atoms with Gasteiger partial charge in [-0.2, -0.15) is 0 Å². The number of amides is 1. The number of benzene rings is 2. The summed E-state index contributed by atoms with van der Waals surface area (Å²) in [4.78, 5) is 12.0. The molecule has 24 heavy (non-hydrogen) atoms. The lowest BCUT2D eigenvalue weighted by Crippen LogP contribution is -2.14. The smallest absolute Gasteiger partial charge is 0.234 e. The van der Waals surface area contributed by atoms with Gasteiger partial charge in [0.15, 0.2) is 0 Å². The Morgan fingerprint density at radius 3 is 2.71 bits per heavy atom. The number of carbonyl (C=O) groups excluding carboxylic acids is 1. The van der Waals surface area contributed by atoms with E-state index in [4.69, 9.17) is 21.1 Å². The molecule has 0 spiro atoms. The summed E-state index contributed by atoms with van der Waals surface area (Å²) in [6.07, 6.45) is 0. The van der Waals surface area contributed by atoms with E-state index in [0.717, 1.165) is 11.3 Å². The molecule has 0 bridgehead atoms. The number of carbonyl (C=O) groups is 1. The van der Waals surface area contributed by atoms with Gasteiger partial charge in [0.1, 0.15) is 11.5 Å². The lowest BCUT2D eigenvalue weighted by Gasteiger charge is -2.10. The van der Waals surface area contributed by atoms with Gasteiger partial charge in [-0.3, -0.25) is 4.79 Å². The van der Waals surface area contributed by atoms with Crippen molar-refractivity contribution in [1.82, 2.24) is 0 Å². The molecular weight excluding hydrogens is 346 g/mol. The molecule has 1 N–H and O–H groups in total. The van der Waals surface area contributed by atoms with Crippen molar-refractivity contribution in [3.8, 4) is 11.5 Å². The van der Waals surface area contributed by atoms with Gasteiger partial charge in [-0.1, -0.05) is 29.8 Å². The maximum absolute atomic E-state index is 12.0. The number of rotatable bonds is 8. The van der Waals surface area contributed by atoms with Crippen molar-refractivity contribution >= 4 is 35.0 Å². The Kier molecular flexibility index (Phi) is 7.28. The van der Waals surface area contributed by atoms with Gasteiger partial charge in [0.2, 0.25) is 5.91 Å². The standard InChI is InChI=1S/C18H20ClNO3S/c1-3-23-16-7-5-4-6-13(16)11-24-12-18(21)20-14-8-9-17(22-2)15(19)10-14/h4-10H,3,11-12H2,1-2H3,(H,20,21). The minimum absolute atomic E-state index is 0.0740. The summed E-state index contributed by atoms with van der Waals surface area (Å²) in [5.74, 6) is 2.44. The maximum Gasteiger partial charge on any atom is 0.234 e. The van der Waals surface area contributed by atoms with E-state index in [2.05, 4.69) is 5.32 Å². The fraction of sp³-hybridized carbons (Fsp3) is 0.278. The monoisotopic (exact) mass is 365 g/mol. The molecule has 0 fully saturated rings. The first kappa shape index (κ1) is 18.5. The fourth-order valence-corrected chi connectivity index (χ4v) is 3.19. The molecule has 0 unspecified atom stereocenters. The van der Waals surface area contributed by atoms with Crippen LogP contribution in [0.1, 0.15) is 12.5 Å². The zero-order valence-corrected chi connectivity index (χ0v) is 15.2. The Hall–Kier alpha value is -1.85. The van der Waals surface area contributed by atoms with Crippen molar-refractivity contribution in [1.29, 1.82) is 0 Å². The molecule has 0 aliphatic heterocycles. The first-order chi connectivity index (χ1) is 11.6. The number of anilines is 1. The highest BCUT2D eigenvalue weighted by Gasteiger charge is 2.08. The topological polar surface area (TPSA) is 47.6 Å². The number of hydrogen-bond donors (Lipinski definition) is 1. The van der Waals surface area contributed by atoms with Crippen LogP contribution < -0.4 is 14.8 Å². The molecule has 0 aromatic heterocycles. The molecular formula is C18H20ClNO3S. The Labute approximate surface area is 151 Å². The van der Waals surface area contributed by atoms with E-state index < -0.39 is 0 Å². The van der Waals surface area contributed by atoms with Gasteiger partial charge in [-0.05, 0) is 31.2 Å². The third-order valence-corrected chi connectivity index (χ3v) is 4.48. The molecule has 1 amide bonds. The summed E-state index contributed by atoms with van der Waals surface area (Å²) >= 11 is 7.58. The zero-order valence-electron chi connectivity index (χ0n) is 13.7. The molecule has 6 heteroatoms. The van der Waals surface area contributed by atoms with E-state index in [1.807, 2.05) is 31.2 Å². The highest BCUT2D eigenvalue weighted by atomic mass is 35.5. The molecule has 0 atom stereocenters. The second-order valence-electron chi connectivity index (χ2n) is 4.93. The molecule has 128 valence electrons. The Morgan fingerprint density at radius 1 is 1.21 bits per heavy atom. The highest BCUT2D eigenvalue weighted by molar-refractivity contribution is 7.99. The van der Waals surface area contributed by atoms with Gasteiger partial charge >= 0.3 is 0 Å². The van der Waals surface area contributed by atoms with Crippen LogP contribution in [0.5, 0.6) is 11.5 Å². The normalized spacial score (nSPS) is 10.3. The Bertz CT molecular complexity index is 694. The quantitative estimate of drug-likeness (QED) is 0.741. The van der Waals surface area contributed by atoms with Crippen molar-refractivity contribution in [2.75, 3.05) is 24.8 Å². The first-order valence-corrected chi connectivity index (χ1v) is 9.09. The van der Waals surface area contributed by atoms with Crippen LogP contribution in [0, 0.1) is 0 Å². The summed E-state index contributed by atoms with van der Waals surface area (Å²) in [5.41, 5.74) is 1.74. The number of hydrogen-bond acceptors (Lipinski definition) is 4. The Balaban J connectivity index is 1.84. The van der Waals surface area contributed by atoms with E-state index in [1.54, 1.807) is 25.3 Å². The fourth-order valence-electron chi connectivity index (χ4n) is 2.11. The van der Waals surface area contributed by atoms with Crippen LogP contribution in [-0.4, -0.2) is 25.4 Å². The minimum atomic E-state index is -0.0740. The third kappa shape index (κ3) is 5.35. The van der Waals surface area contributed by atoms with Crippen LogP contribution in [0.3, 0.4) is 0 Å². The van der Waals surface area contributed by atoms with E-state index in [9.17, 15) is 4.79 Å². The van der Waals surface area contributed by atoms with E-state index >= 15 is 0 Å². The van der Waals surface area contributed by atoms with Crippen molar-refractivity contribution in [2.24, 2.45) is 0 Å². The van der Waals surface area contributed by atoms with Gasteiger partial charge in [0.05, 0.1) is 24.5 Å². The lowest BCUT2D eigenvalue weighted by atomic mass is 10.2. The molecule has 4 nitrogen and oxygen atoms in total. The Morgan fingerprint density at radius 2 is 2.00 bits per heavy atom. The number of nitrogens with one attached hydrogen (secondary N) is 1. The summed E-state index contributed by atoms with van der Waals surface area (Å²) in [7, 11) is 1.55. The van der Waals surface area contributed by atoms with Gasteiger partial charge in [-0.15, -0.1) is 11.8 Å². The third-order valence-electron chi connectivity index (χ3n) is 3.20. The van der Waals surface area contributed by atoms with Crippen molar-refractivity contribution < 1.29 is 14.3 Å². The summed E-state index contributed by atoms with van der Waals surface area (Å²) < 4.78 is 10.7. The van der Waals surface area contributed by atoms with Crippen LogP contribution in [0.15, 0.2) is 42.5 Å². The molecule has 0 aliphatic carbocycles. The number of methoxy groups -OCH3 is 1. The average molecular weight is 366 g/mol. The first-order valence-electron chi connectivity index (χ1n) is 7.56. The van der Waals surface area contributed by atoms with Crippen molar-refractivity contribution in [3.05, 3.63) is 53.1 Å². The number of para-hydroxylation sites is 1. The van der Waals surface area contributed by atoms with Gasteiger partial charge in [0.25, 0.3) is 0 Å². The van der Waals surface area contributed by atoms with E-state index in [-0.39, 0.29) is 5.91 Å². The van der Waals surface area contributed by atoms with E-state index in [0.29, 0.717) is 34.6 Å². The predicted octanol–water partition coefficient (Wildman–Crippen LogP) is 4.62. The van der Waals surface area contributed by atoms with Gasteiger partial charge < -0.3 is 14.8 Å². The number of halogens is 1. The molecule has 2 aromatic carbocycles. The molecule has 0 saturated carbocycles. The second kappa shape index (κ2) is 9.45. The number of ether oxygens (including phenoxy) is 2. The summed E-state index contributed by atoms with van der Waals surface area (Å²) in [6, 6.07) is 13.0. The molecule has 0 saturated heterocycles. The largest absolute Gasteiger partial charge is 0.495 e. The molecule has 0 aliphatic rings. The predicted molar refractivity (Wildman–Crippen MR) is 100 cm³/mol. The van der Waals surface area contributed by atoms with Crippen LogP contribution in [0.25, 0.3) is 0 Å². The molecule has 0 heterocycles. The highest BCUT2D eigenvalue weighted by Crippen LogP contribution is 2.27. The molecule has 0 radical (unpaired) electrons. The summed E-state index contributed by atoms with van der Waals surface area (Å²) in [6.45, 7) is 2.58. The van der Waals surface area contributed by atoms with Crippen LogP contribution in [0.4, 0.5) is 5.69 Å².